The first-order valence-electron chi connectivity index (χ1n) is 12.2. The third kappa shape index (κ3) is 6.34. The molecule has 10 nitrogen and oxygen atoms in total. The Labute approximate surface area is 220 Å². The first kappa shape index (κ1) is 26.8. The van der Waals surface area contributed by atoms with E-state index in [1.54, 1.807) is 32.3 Å². The molecular formula is C27H30FN7O3. The number of amides is 1. The summed E-state index contributed by atoms with van der Waals surface area (Å²) in [5.74, 6) is 0.0115. The lowest BCUT2D eigenvalue weighted by Gasteiger charge is -2.24. The average molecular weight is 520 g/mol. The molecule has 2 aliphatic heterocycles. The van der Waals surface area contributed by atoms with Crippen molar-refractivity contribution in [3.05, 3.63) is 83.0 Å². The number of ether oxygens (including phenoxy) is 1. The summed E-state index contributed by atoms with van der Waals surface area (Å²) in [6.45, 7) is 4.62. The van der Waals surface area contributed by atoms with Crippen LogP contribution < -0.4 is 21.3 Å². The molecule has 5 N–H and O–H groups in total. The number of carbonyl (C=O) groups excluding carboxylic acids is 1. The lowest BCUT2D eigenvalue weighted by molar-refractivity contribution is 0.00547. The van der Waals surface area contributed by atoms with Crippen LogP contribution in [0.3, 0.4) is 0 Å². The molecule has 2 aliphatic rings. The lowest BCUT2D eigenvalue weighted by atomic mass is 9.98. The average Bonchev–Trinajstić information content (AvgIpc) is 3.37. The normalized spacial score (nSPS) is 18.6. The second-order valence-electron chi connectivity index (χ2n) is 9.66. The lowest BCUT2D eigenvalue weighted by Crippen LogP contribution is -2.38. The summed E-state index contributed by atoms with van der Waals surface area (Å²) in [5.41, 5.74) is 6.92. The number of allylic oxidation sites excluding steroid dienone is 2. The van der Waals surface area contributed by atoms with E-state index in [4.69, 9.17) is 10.5 Å². The van der Waals surface area contributed by atoms with Crippen molar-refractivity contribution in [2.75, 3.05) is 31.1 Å². The van der Waals surface area contributed by atoms with Crippen LogP contribution in [0.15, 0.2) is 66.0 Å². The number of anilines is 1. The second kappa shape index (κ2) is 11.4. The van der Waals surface area contributed by atoms with Crippen LogP contribution in [0.2, 0.25) is 0 Å². The molecule has 0 aromatic carbocycles. The van der Waals surface area contributed by atoms with E-state index in [1.165, 1.54) is 18.3 Å². The summed E-state index contributed by atoms with van der Waals surface area (Å²) in [7, 11) is 0. The van der Waals surface area contributed by atoms with Crippen molar-refractivity contribution in [1.82, 2.24) is 20.6 Å². The van der Waals surface area contributed by atoms with Crippen molar-refractivity contribution >= 4 is 17.3 Å². The van der Waals surface area contributed by atoms with Gasteiger partial charge in [-0.1, -0.05) is 0 Å². The molecular weight excluding hydrogens is 489 g/mol. The fourth-order valence-corrected chi connectivity index (χ4v) is 4.13. The number of nitrogens with two attached hydrogens (primary N) is 1. The van der Waals surface area contributed by atoms with Gasteiger partial charge in [0, 0.05) is 55.4 Å². The fraction of sp³-hybridized carbons (Fsp3) is 0.333. The molecule has 1 amide bonds. The highest BCUT2D eigenvalue weighted by Crippen LogP contribution is 2.30. The monoisotopic (exact) mass is 519 g/mol. The predicted molar refractivity (Wildman–Crippen MR) is 140 cm³/mol. The molecule has 0 aliphatic carbocycles. The second-order valence-corrected chi connectivity index (χ2v) is 9.66. The van der Waals surface area contributed by atoms with E-state index in [1.807, 2.05) is 17.0 Å². The topological polar surface area (TPSA) is 149 Å². The molecule has 1 atom stereocenters. The number of aromatic nitrogens is 2. The van der Waals surface area contributed by atoms with Gasteiger partial charge in [0.25, 0.3) is 5.91 Å². The summed E-state index contributed by atoms with van der Waals surface area (Å²) in [6.07, 6.45) is 7.16. The Morgan fingerprint density at radius 1 is 1.39 bits per heavy atom. The molecule has 11 heteroatoms. The van der Waals surface area contributed by atoms with Crippen LogP contribution >= 0.6 is 0 Å². The van der Waals surface area contributed by atoms with E-state index in [9.17, 15) is 19.6 Å². The quantitative estimate of drug-likeness (QED) is 0.384. The van der Waals surface area contributed by atoms with Gasteiger partial charge in [-0.2, -0.15) is 5.26 Å². The maximum atomic E-state index is 13.9. The van der Waals surface area contributed by atoms with E-state index in [2.05, 4.69) is 26.7 Å². The number of pyridine rings is 2. The number of nitrogens with one attached hydrogen (secondary N) is 2. The highest BCUT2D eigenvalue weighted by atomic mass is 19.1. The van der Waals surface area contributed by atoms with Crippen molar-refractivity contribution in [2.24, 2.45) is 5.73 Å². The first-order valence-corrected chi connectivity index (χ1v) is 12.2. The van der Waals surface area contributed by atoms with Crippen molar-refractivity contribution in [1.29, 1.82) is 5.26 Å². The number of nitrogens with zero attached hydrogens (tertiary/aromatic N) is 4. The van der Waals surface area contributed by atoms with Gasteiger partial charge in [-0.05, 0) is 50.6 Å². The van der Waals surface area contributed by atoms with E-state index in [0.29, 0.717) is 42.1 Å². The van der Waals surface area contributed by atoms with Gasteiger partial charge in [0.15, 0.2) is 11.5 Å². The fourth-order valence-electron chi connectivity index (χ4n) is 4.13. The van der Waals surface area contributed by atoms with E-state index in [-0.39, 0.29) is 24.9 Å². The Morgan fingerprint density at radius 2 is 2.21 bits per heavy atom. The summed E-state index contributed by atoms with van der Waals surface area (Å²) in [5, 5.41) is 25.5. The van der Waals surface area contributed by atoms with Crippen LogP contribution in [0, 0.1) is 17.1 Å². The van der Waals surface area contributed by atoms with Crippen molar-refractivity contribution < 1.29 is 19.0 Å². The number of carbonyl (C=O) groups is 1. The molecule has 0 unspecified atom stereocenters. The minimum atomic E-state index is -1.01. The highest BCUT2D eigenvalue weighted by Gasteiger charge is 2.27. The first-order chi connectivity index (χ1) is 18.2. The van der Waals surface area contributed by atoms with Gasteiger partial charge < -0.3 is 31.1 Å². The number of nitriles is 1. The van der Waals surface area contributed by atoms with Crippen LogP contribution in [0.1, 0.15) is 36.3 Å². The molecule has 2 aromatic rings. The number of hydrogen-bond donors (Lipinski definition) is 4. The Bertz CT molecular complexity index is 1320. The van der Waals surface area contributed by atoms with Crippen LogP contribution in [-0.4, -0.2) is 58.9 Å². The molecule has 1 fully saturated rings. The summed E-state index contributed by atoms with van der Waals surface area (Å²) >= 11 is 0. The Balaban J connectivity index is 1.48. The number of halogens is 1. The molecule has 0 saturated carbocycles. The van der Waals surface area contributed by atoms with E-state index >= 15 is 0 Å². The van der Waals surface area contributed by atoms with Crippen LogP contribution in [0.25, 0.3) is 5.57 Å². The molecule has 0 spiro atoms. The van der Waals surface area contributed by atoms with Crippen LogP contribution in [0.4, 0.5) is 10.2 Å². The molecule has 4 heterocycles. The third-order valence-electron chi connectivity index (χ3n) is 6.03. The minimum absolute atomic E-state index is 0.0542. The van der Waals surface area contributed by atoms with Gasteiger partial charge in [-0.15, -0.1) is 0 Å². The minimum Gasteiger partial charge on any atom is -0.489 e. The molecule has 0 radical (unpaired) electrons. The van der Waals surface area contributed by atoms with Gasteiger partial charge in [-0.3, -0.25) is 4.79 Å². The van der Waals surface area contributed by atoms with Gasteiger partial charge in [0.05, 0.1) is 22.9 Å². The maximum Gasteiger partial charge on any atom is 0.273 e. The number of dihydropyridines is 1. The summed E-state index contributed by atoms with van der Waals surface area (Å²) in [4.78, 5) is 22.9. The van der Waals surface area contributed by atoms with Crippen molar-refractivity contribution in [2.45, 2.75) is 31.9 Å². The highest BCUT2D eigenvalue weighted by molar-refractivity contribution is 5.92. The number of rotatable bonds is 8. The van der Waals surface area contributed by atoms with Gasteiger partial charge in [0.2, 0.25) is 0 Å². The smallest absolute Gasteiger partial charge is 0.273 e. The zero-order valence-corrected chi connectivity index (χ0v) is 21.2. The van der Waals surface area contributed by atoms with Gasteiger partial charge in [-0.25, -0.2) is 14.4 Å². The van der Waals surface area contributed by atoms with E-state index in [0.717, 1.165) is 11.4 Å². The molecule has 1 saturated heterocycles. The predicted octanol–water partition coefficient (Wildman–Crippen LogP) is 1.98. The van der Waals surface area contributed by atoms with Gasteiger partial charge in [0.1, 0.15) is 18.2 Å². The summed E-state index contributed by atoms with van der Waals surface area (Å²) < 4.78 is 19.6. The largest absolute Gasteiger partial charge is 0.489 e. The van der Waals surface area contributed by atoms with Crippen molar-refractivity contribution in [3.63, 3.8) is 0 Å². The SMILES string of the molecule is CC(C)(O)COC1=CN/C(=C(/C#N)CN)C(c2ccc(N3CC[C@H](NC(=O)c4ncccc4F)C3)nc2)=C1. The summed E-state index contributed by atoms with van der Waals surface area (Å²) in [6, 6.07) is 8.35. The van der Waals surface area contributed by atoms with E-state index < -0.39 is 17.3 Å². The zero-order valence-electron chi connectivity index (χ0n) is 21.2. The molecule has 0 bridgehead atoms. The van der Waals surface area contributed by atoms with Crippen molar-refractivity contribution in [3.8, 4) is 6.07 Å². The van der Waals surface area contributed by atoms with Gasteiger partial charge >= 0.3 is 0 Å². The molecule has 4 rings (SSSR count). The number of hydrogen-bond acceptors (Lipinski definition) is 9. The Hall–Kier alpha value is -4.27. The standard InChI is InChI=1S/C27H30FN7O3/c1-27(2,37)16-38-20-10-21(24(33-14-20)18(11-29)12-30)17-5-6-23(32-13-17)35-9-7-19(15-35)34-26(36)25-22(28)4-3-8-31-25/h3-6,8,10,13-14,19,33,37H,7,9,11,15-16,29H2,1-2H3,(H,34,36)/b24-18+/t19-/m0/s1. The Morgan fingerprint density at radius 3 is 2.87 bits per heavy atom. The van der Waals surface area contributed by atoms with Crippen LogP contribution in [0.5, 0.6) is 0 Å². The molecule has 38 heavy (non-hydrogen) atoms. The third-order valence-corrected chi connectivity index (χ3v) is 6.03. The van der Waals surface area contributed by atoms with Crippen LogP contribution in [-0.2, 0) is 4.74 Å². The maximum absolute atomic E-state index is 13.9. The molecule has 198 valence electrons. The Kier molecular flexibility index (Phi) is 8.05. The zero-order chi connectivity index (χ0) is 27.3. The molecule has 2 aromatic heterocycles. The number of aliphatic hydroxyl groups is 1.